The highest BCUT2D eigenvalue weighted by Crippen LogP contribution is 2.23. The third kappa shape index (κ3) is 4.20. The Hall–Kier alpha value is -2.25. The van der Waals surface area contributed by atoms with Gasteiger partial charge in [-0.2, -0.15) is 4.31 Å². The fourth-order valence-corrected chi connectivity index (χ4v) is 5.01. The third-order valence-electron chi connectivity index (χ3n) is 4.81. The van der Waals surface area contributed by atoms with Gasteiger partial charge in [-0.25, -0.2) is 8.42 Å². The van der Waals surface area contributed by atoms with Gasteiger partial charge in [0.1, 0.15) is 0 Å². The van der Waals surface area contributed by atoms with Crippen molar-refractivity contribution in [1.29, 1.82) is 0 Å². The maximum Gasteiger partial charge on any atom is 0.255 e. The third-order valence-corrected chi connectivity index (χ3v) is 6.71. The number of sulfonamides is 1. The van der Waals surface area contributed by atoms with Crippen molar-refractivity contribution in [3.63, 3.8) is 0 Å². The highest BCUT2D eigenvalue weighted by molar-refractivity contribution is 7.89. The number of aryl methyl sites for hydroxylation is 3. The Morgan fingerprint density at radius 1 is 1.07 bits per heavy atom. The summed E-state index contributed by atoms with van der Waals surface area (Å²) in [5, 5.41) is 2.87. The minimum Gasteiger partial charge on any atom is -0.320 e. The van der Waals surface area contributed by atoms with Crippen molar-refractivity contribution in [3.8, 4) is 0 Å². The first-order valence-corrected chi connectivity index (χ1v) is 10.6. The first-order valence-electron chi connectivity index (χ1n) is 9.15. The number of anilines is 1. The Labute approximate surface area is 160 Å². The van der Waals surface area contributed by atoms with E-state index in [4.69, 9.17) is 0 Å². The lowest BCUT2D eigenvalue weighted by Gasteiger charge is -2.26. The van der Waals surface area contributed by atoms with E-state index in [1.165, 1.54) is 10.4 Å². The first-order chi connectivity index (χ1) is 12.8. The van der Waals surface area contributed by atoms with Gasteiger partial charge in [0.25, 0.3) is 5.91 Å². The summed E-state index contributed by atoms with van der Waals surface area (Å²) in [5.41, 5.74) is 3.52. The molecule has 1 saturated heterocycles. The molecule has 0 atom stereocenters. The zero-order valence-electron chi connectivity index (χ0n) is 15.9. The Morgan fingerprint density at radius 2 is 1.78 bits per heavy atom. The maximum absolute atomic E-state index is 12.9. The van der Waals surface area contributed by atoms with Crippen LogP contribution in [0.1, 0.15) is 46.6 Å². The average Bonchev–Trinajstić information content (AvgIpc) is 2.65. The molecule has 0 bridgehead atoms. The molecular weight excluding hydrogens is 362 g/mol. The summed E-state index contributed by atoms with van der Waals surface area (Å²) in [4.78, 5) is 17.3. The van der Waals surface area contributed by atoms with Crippen LogP contribution in [0.15, 0.2) is 35.2 Å². The normalized spacial score (nSPS) is 15.5. The molecule has 1 aromatic heterocycles. The van der Waals surface area contributed by atoms with Gasteiger partial charge >= 0.3 is 0 Å². The molecule has 144 valence electrons. The van der Waals surface area contributed by atoms with Crippen molar-refractivity contribution >= 4 is 21.6 Å². The Kier molecular flexibility index (Phi) is 5.62. The van der Waals surface area contributed by atoms with Crippen LogP contribution in [0.2, 0.25) is 0 Å². The predicted molar refractivity (Wildman–Crippen MR) is 105 cm³/mol. The summed E-state index contributed by atoms with van der Waals surface area (Å²) >= 11 is 0. The lowest BCUT2D eigenvalue weighted by molar-refractivity contribution is 0.102. The largest absolute Gasteiger partial charge is 0.320 e. The maximum atomic E-state index is 12.9. The summed E-state index contributed by atoms with van der Waals surface area (Å²) in [5.74, 6) is -0.345. The van der Waals surface area contributed by atoms with Crippen molar-refractivity contribution < 1.29 is 13.2 Å². The minimum absolute atomic E-state index is 0.160. The topological polar surface area (TPSA) is 79.4 Å². The van der Waals surface area contributed by atoms with Crippen LogP contribution >= 0.6 is 0 Å². The van der Waals surface area contributed by atoms with Gasteiger partial charge in [-0.3, -0.25) is 9.78 Å². The van der Waals surface area contributed by atoms with E-state index in [1.54, 1.807) is 18.2 Å². The fraction of sp³-hybridized carbons (Fsp3) is 0.400. The molecule has 1 fully saturated rings. The average molecular weight is 388 g/mol. The standard InChI is InChI=1S/C20H25N3O3S/c1-14-12-15(2)21-16(3)19(14)22-20(24)17-8-7-9-18(13-17)27(25,26)23-10-5-4-6-11-23/h7-9,12-13H,4-6,10-11H2,1-3H3,(H,22,24). The van der Waals surface area contributed by atoms with Crippen molar-refractivity contribution in [1.82, 2.24) is 9.29 Å². The van der Waals surface area contributed by atoms with Crippen LogP contribution in [0, 0.1) is 20.8 Å². The number of carbonyl (C=O) groups excluding carboxylic acids is 1. The number of piperidine rings is 1. The number of pyridine rings is 1. The monoisotopic (exact) mass is 387 g/mol. The molecule has 0 saturated carbocycles. The summed E-state index contributed by atoms with van der Waals surface area (Å²) < 4.78 is 27.2. The molecule has 0 radical (unpaired) electrons. The van der Waals surface area contributed by atoms with E-state index >= 15 is 0 Å². The summed E-state index contributed by atoms with van der Waals surface area (Å²) in [7, 11) is -3.57. The van der Waals surface area contributed by atoms with E-state index in [1.807, 2.05) is 26.8 Å². The lowest BCUT2D eigenvalue weighted by atomic mass is 10.1. The zero-order valence-corrected chi connectivity index (χ0v) is 16.8. The van der Waals surface area contributed by atoms with E-state index in [9.17, 15) is 13.2 Å². The van der Waals surface area contributed by atoms with Gasteiger partial charge in [-0.15, -0.1) is 0 Å². The second-order valence-corrected chi connectivity index (χ2v) is 8.93. The SMILES string of the molecule is Cc1cc(C)c(NC(=O)c2cccc(S(=O)(=O)N3CCCCC3)c2)c(C)n1. The first kappa shape index (κ1) is 19.5. The van der Waals surface area contributed by atoms with Crippen LogP contribution in [0.4, 0.5) is 5.69 Å². The molecule has 1 aromatic carbocycles. The molecule has 7 heteroatoms. The molecule has 0 spiro atoms. The number of aromatic nitrogens is 1. The number of hydrogen-bond donors (Lipinski definition) is 1. The second-order valence-electron chi connectivity index (χ2n) is 6.99. The number of rotatable bonds is 4. The van der Waals surface area contributed by atoms with E-state index in [2.05, 4.69) is 10.3 Å². The van der Waals surface area contributed by atoms with E-state index in [0.29, 0.717) is 24.3 Å². The summed E-state index contributed by atoms with van der Waals surface area (Å²) in [6, 6.07) is 8.13. The molecule has 0 aliphatic carbocycles. The minimum atomic E-state index is -3.57. The van der Waals surface area contributed by atoms with Crippen LogP contribution < -0.4 is 5.32 Å². The van der Waals surface area contributed by atoms with Crippen LogP contribution in [0.5, 0.6) is 0 Å². The van der Waals surface area contributed by atoms with Crippen molar-refractivity contribution in [2.75, 3.05) is 18.4 Å². The Balaban J connectivity index is 1.86. The molecule has 2 heterocycles. The van der Waals surface area contributed by atoms with Crippen LogP contribution in [0.3, 0.4) is 0 Å². The number of hydrogen-bond acceptors (Lipinski definition) is 4. The summed E-state index contributed by atoms with van der Waals surface area (Å²) in [6.45, 7) is 6.72. The van der Waals surface area contributed by atoms with Gasteiger partial charge in [-0.1, -0.05) is 12.5 Å². The van der Waals surface area contributed by atoms with E-state index in [0.717, 1.165) is 36.2 Å². The molecule has 1 N–H and O–H groups in total. The lowest BCUT2D eigenvalue weighted by Crippen LogP contribution is -2.35. The smallest absolute Gasteiger partial charge is 0.255 e. The molecule has 1 aliphatic rings. The molecular formula is C20H25N3O3S. The van der Waals surface area contributed by atoms with Gasteiger partial charge in [0.2, 0.25) is 10.0 Å². The molecule has 0 unspecified atom stereocenters. The van der Waals surface area contributed by atoms with Gasteiger partial charge < -0.3 is 5.32 Å². The van der Waals surface area contributed by atoms with Crippen LogP contribution in [-0.4, -0.2) is 36.7 Å². The van der Waals surface area contributed by atoms with E-state index in [-0.39, 0.29) is 10.8 Å². The number of nitrogens with one attached hydrogen (secondary N) is 1. The fourth-order valence-electron chi connectivity index (χ4n) is 3.45. The molecule has 2 aromatic rings. The van der Waals surface area contributed by atoms with E-state index < -0.39 is 10.0 Å². The number of benzene rings is 1. The molecule has 6 nitrogen and oxygen atoms in total. The van der Waals surface area contributed by atoms with Crippen LogP contribution in [0.25, 0.3) is 0 Å². The second kappa shape index (κ2) is 7.78. The molecule has 27 heavy (non-hydrogen) atoms. The Bertz CT molecular complexity index is 941. The van der Waals surface area contributed by atoms with Crippen LogP contribution in [-0.2, 0) is 10.0 Å². The molecule has 3 rings (SSSR count). The number of carbonyl (C=O) groups is 1. The number of nitrogens with zero attached hydrogens (tertiary/aromatic N) is 2. The highest BCUT2D eigenvalue weighted by atomic mass is 32.2. The van der Waals surface area contributed by atoms with Gasteiger partial charge in [0.15, 0.2) is 0 Å². The predicted octanol–water partition coefficient (Wildman–Crippen LogP) is 3.43. The zero-order chi connectivity index (χ0) is 19.6. The Morgan fingerprint density at radius 3 is 2.44 bits per heavy atom. The number of amides is 1. The van der Waals surface area contributed by atoms with Crippen molar-refractivity contribution in [2.24, 2.45) is 0 Å². The van der Waals surface area contributed by atoms with Crippen molar-refractivity contribution in [3.05, 3.63) is 52.8 Å². The summed E-state index contributed by atoms with van der Waals surface area (Å²) in [6.07, 6.45) is 2.80. The van der Waals surface area contributed by atoms with Crippen molar-refractivity contribution in [2.45, 2.75) is 44.9 Å². The van der Waals surface area contributed by atoms with Gasteiger partial charge in [0.05, 0.1) is 16.3 Å². The quantitative estimate of drug-likeness (QED) is 0.872. The van der Waals surface area contributed by atoms with Gasteiger partial charge in [-0.05, 0) is 63.4 Å². The molecule has 1 amide bonds. The molecule has 1 aliphatic heterocycles. The van der Waals surface area contributed by atoms with Gasteiger partial charge in [0, 0.05) is 24.3 Å². The highest BCUT2D eigenvalue weighted by Gasteiger charge is 2.26.